The lowest BCUT2D eigenvalue weighted by Crippen LogP contribution is -2.24. The zero-order valence-electron chi connectivity index (χ0n) is 17.0. The number of halogens is 3. The van der Waals surface area contributed by atoms with Crippen molar-refractivity contribution in [3.63, 3.8) is 0 Å². The second kappa shape index (κ2) is 9.41. The number of anilines is 2. The first-order chi connectivity index (χ1) is 15.8. The Labute approximate surface area is 191 Å². The Hall–Kier alpha value is -3.73. The second-order valence-corrected chi connectivity index (χ2v) is 7.69. The molecule has 1 fully saturated rings. The van der Waals surface area contributed by atoms with Crippen molar-refractivity contribution in [2.45, 2.75) is 13.0 Å². The van der Waals surface area contributed by atoms with Crippen LogP contribution in [0.5, 0.6) is 5.75 Å². The van der Waals surface area contributed by atoms with E-state index in [4.69, 9.17) is 11.6 Å². The highest BCUT2D eigenvalue weighted by atomic mass is 35.5. The first-order valence-electron chi connectivity index (χ1n) is 9.85. The molecule has 0 radical (unpaired) electrons. The van der Waals surface area contributed by atoms with E-state index in [9.17, 15) is 23.5 Å². The molecule has 0 aliphatic carbocycles. The number of para-hydroxylation sites is 1. The number of rotatable bonds is 7. The molecule has 1 atom stereocenters. The number of aliphatic carboxylic acids is 1. The van der Waals surface area contributed by atoms with Crippen LogP contribution >= 0.6 is 11.6 Å². The van der Waals surface area contributed by atoms with Crippen molar-refractivity contribution >= 4 is 35.0 Å². The van der Waals surface area contributed by atoms with Crippen LogP contribution in [0.15, 0.2) is 42.7 Å². The van der Waals surface area contributed by atoms with Crippen molar-refractivity contribution in [2.24, 2.45) is 5.92 Å². The third-order valence-corrected chi connectivity index (χ3v) is 5.48. The maximum absolute atomic E-state index is 12.9. The molecule has 1 saturated heterocycles. The van der Waals surface area contributed by atoms with Gasteiger partial charge < -0.3 is 20.1 Å². The number of benzene rings is 1. The number of ether oxygens (including phenoxy) is 1. The predicted molar refractivity (Wildman–Crippen MR) is 116 cm³/mol. The van der Waals surface area contributed by atoms with Gasteiger partial charge in [0.25, 0.3) is 5.91 Å². The first-order valence-corrected chi connectivity index (χ1v) is 10.2. The molecule has 3 heterocycles. The monoisotopic (exact) mass is 477 g/mol. The van der Waals surface area contributed by atoms with Crippen LogP contribution in [0.2, 0.25) is 5.02 Å². The van der Waals surface area contributed by atoms with Gasteiger partial charge in [0.15, 0.2) is 5.75 Å². The van der Waals surface area contributed by atoms with E-state index in [1.807, 2.05) is 4.90 Å². The molecule has 0 bridgehead atoms. The first kappa shape index (κ1) is 22.5. The average Bonchev–Trinajstić information content (AvgIpc) is 3.48. The summed E-state index contributed by atoms with van der Waals surface area (Å²) in [6.45, 7) is -2.34. The number of aromatic nitrogens is 3. The fourth-order valence-corrected chi connectivity index (χ4v) is 3.82. The van der Waals surface area contributed by atoms with Crippen LogP contribution in [0, 0.1) is 5.92 Å². The van der Waals surface area contributed by atoms with E-state index in [0.29, 0.717) is 30.0 Å². The maximum Gasteiger partial charge on any atom is 0.387 e. The SMILES string of the molecule is O=C(Nc1cccc(Cl)c1OC(F)F)c1cnc(N2CCC(C(=O)O)C2)c(-c2ccn[nH]2)c1. The van der Waals surface area contributed by atoms with Crippen molar-refractivity contribution < 1.29 is 28.2 Å². The maximum atomic E-state index is 12.9. The van der Waals surface area contributed by atoms with Gasteiger partial charge in [0.05, 0.1) is 27.9 Å². The molecule has 2 aromatic heterocycles. The molecule has 4 rings (SSSR count). The van der Waals surface area contributed by atoms with E-state index in [2.05, 4.69) is 25.2 Å². The lowest BCUT2D eigenvalue weighted by molar-refractivity contribution is -0.140. The van der Waals surface area contributed by atoms with Crippen molar-refractivity contribution in [2.75, 3.05) is 23.3 Å². The fourth-order valence-electron chi connectivity index (χ4n) is 3.60. The van der Waals surface area contributed by atoms with Gasteiger partial charge in [-0.1, -0.05) is 17.7 Å². The van der Waals surface area contributed by atoms with E-state index < -0.39 is 24.4 Å². The Kier molecular flexibility index (Phi) is 6.40. The van der Waals surface area contributed by atoms with Crippen LogP contribution in [0.25, 0.3) is 11.3 Å². The Morgan fingerprint density at radius 2 is 2.15 bits per heavy atom. The van der Waals surface area contributed by atoms with Crippen LogP contribution in [-0.2, 0) is 4.79 Å². The topological polar surface area (TPSA) is 120 Å². The van der Waals surface area contributed by atoms with Crippen molar-refractivity contribution in [1.29, 1.82) is 0 Å². The average molecular weight is 478 g/mol. The highest BCUT2D eigenvalue weighted by Crippen LogP contribution is 2.35. The number of nitrogens with one attached hydrogen (secondary N) is 2. The third kappa shape index (κ3) is 4.87. The standard InChI is InChI=1S/C21H18ClF2N5O4/c22-14-2-1-3-16(17(14)33-21(23)24)27-19(30)12-8-13(15-4-6-26-28-15)18(25-9-12)29-7-5-11(10-29)20(31)32/h1-4,6,8-9,11,21H,5,7,10H2,(H,26,28)(H,27,30)(H,31,32). The number of H-pyrrole nitrogens is 1. The molecular weight excluding hydrogens is 460 g/mol. The van der Waals surface area contributed by atoms with E-state index >= 15 is 0 Å². The minimum atomic E-state index is -3.12. The molecule has 3 aromatic rings. The third-order valence-electron chi connectivity index (χ3n) is 5.18. The molecule has 172 valence electrons. The number of aromatic amines is 1. The zero-order valence-corrected chi connectivity index (χ0v) is 17.7. The molecule has 1 aromatic carbocycles. The number of hydrogen-bond donors (Lipinski definition) is 3. The molecular formula is C21H18ClF2N5O4. The zero-order chi connectivity index (χ0) is 23.5. The van der Waals surface area contributed by atoms with E-state index in [0.717, 1.165) is 0 Å². The molecule has 9 nitrogen and oxygen atoms in total. The lowest BCUT2D eigenvalue weighted by Gasteiger charge is -2.20. The fraction of sp³-hybridized carbons (Fsp3) is 0.238. The van der Waals surface area contributed by atoms with Gasteiger partial charge in [-0.3, -0.25) is 14.7 Å². The number of carbonyl (C=O) groups excluding carboxylic acids is 1. The van der Waals surface area contributed by atoms with Gasteiger partial charge in [-0.25, -0.2) is 4.98 Å². The van der Waals surface area contributed by atoms with Crippen LogP contribution in [0.1, 0.15) is 16.8 Å². The molecule has 3 N–H and O–H groups in total. The Balaban J connectivity index is 1.65. The van der Waals surface area contributed by atoms with Gasteiger partial charge >= 0.3 is 12.6 Å². The van der Waals surface area contributed by atoms with Gasteiger partial charge in [0.2, 0.25) is 0 Å². The summed E-state index contributed by atoms with van der Waals surface area (Å²) in [6, 6.07) is 7.49. The molecule has 1 amide bonds. The molecule has 12 heteroatoms. The number of amides is 1. The summed E-state index contributed by atoms with van der Waals surface area (Å²) in [6.07, 6.45) is 3.34. The number of alkyl halides is 2. The summed E-state index contributed by atoms with van der Waals surface area (Å²) in [5.74, 6) is -1.86. The molecule has 1 unspecified atom stereocenters. The van der Waals surface area contributed by atoms with Gasteiger partial charge in [-0.05, 0) is 30.7 Å². The minimum Gasteiger partial charge on any atom is -0.481 e. The highest BCUT2D eigenvalue weighted by molar-refractivity contribution is 6.32. The normalized spacial score (nSPS) is 15.6. The van der Waals surface area contributed by atoms with E-state index in [1.54, 1.807) is 12.1 Å². The second-order valence-electron chi connectivity index (χ2n) is 7.28. The van der Waals surface area contributed by atoms with Crippen LogP contribution in [0.3, 0.4) is 0 Å². The summed E-state index contributed by atoms with van der Waals surface area (Å²) in [5.41, 5.74) is 1.24. The summed E-state index contributed by atoms with van der Waals surface area (Å²) in [4.78, 5) is 30.5. The summed E-state index contributed by atoms with van der Waals surface area (Å²) < 4.78 is 30.0. The minimum absolute atomic E-state index is 0.0243. The van der Waals surface area contributed by atoms with Crippen molar-refractivity contribution in [1.82, 2.24) is 15.2 Å². The van der Waals surface area contributed by atoms with Crippen LogP contribution in [-0.4, -0.2) is 51.9 Å². The lowest BCUT2D eigenvalue weighted by atomic mass is 10.1. The highest BCUT2D eigenvalue weighted by Gasteiger charge is 2.30. The number of nitrogens with zero attached hydrogens (tertiary/aromatic N) is 3. The smallest absolute Gasteiger partial charge is 0.387 e. The van der Waals surface area contributed by atoms with Crippen molar-refractivity contribution in [3.05, 3.63) is 53.3 Å². The number of carboxylic acids is 1. The quantitative estimate of drug-likeness (QED) is 0.472. The summed E-state index contributed by atoms with van der Waals surface area (Å²) >= 11 is 5.94. The molecule has 33 heavy (non-hydrogen) atoms. The Morgan fingerprint density at radius 1 is 1.33 bits per heavy atom. The van der Waals surface area contributed by atoms with Gasteiger partial charge in [-0.15, -0.1) is 0 Å². The Morgan fingerprint density at radius 3 is 2.82 bits per heavy atom. The van der Waals surface area contributed by atoms with Gasteiger partial charge in [-0.2, -0.15) is 13.9 Å². The number of carbonyl (C=O) groups is 2. The molecule has 0 spiro atoms. The van der Waals surface area contributed by atoms with Crippen LogP contribution in [0.4, 0.5) is 20.3 Å². The molecule has 1 aliphatic heterocycles. The van der Waals surface area contributed by atoms with Crippen LogP contribution < -0.4 is 15.0 Å². The predicted octanol–water partition coefficient (Wildman–Crippen LogP) is 3.89. The molecule has 1 aliphatic rings. The van der Waals surface area contributed by atoms with E-state index in [-0.39, 0.29) is 28.6 Å². The van der Waals surface area contributed by atoms with Gasteiger partial charge in [0.1, 0.15) is 5.82 Å². The summed E-state index contributed by atoms with van der Waals surface area (Å²) in [5, 5.41) is 18.5. The largest absolute Gasteiger partial charge is 0.481 e. The summed E-state index contributed by atoms with van der Waals surface area (Å²) in [7, 11) is 0. The van der Waals surface area contributed by atoms with Crippen molar-refractivity contribution in [3.8, 4) is 17.0 Å². The van der Waals surface area contributed by atoms with Gasteiger partial charge in [0, 0.05) is 31.0 Å². The number of pyridine rings is 1. The number of carboxylic acid groups (broad SMARTS) is 1. The van der Waals surface area contributed by atoms with E-state index in [1.165, 1.54) is 30.6 Å². The number of hydrogen-bond acceptors (Lipinski definition) is 6. The Bertz CT molecular complexity index is 1180. The molecule has 0 saturated carbocycles.